The largest absolute Gasteiger partial charge is 0.393 e. The van der Waals surface area contributed by atoms with Crippen LogP contribution in [-0.4, -0.2) is 21.2 Å². The van der Waals surface area contributed by atoms with Crippen LogP contribution in [0.2, 0.25) is 0 Å². The molecule has 0 spiro atoms. The second kappa shape index (κ2) is 8.36. The summed E-state index contributed by atoms with van der Waals surface area (Å²) in [4.78, 5) is 8.47. The third-order valence-electron chi connectivity index (χ3n) is 11.9. The van der Waals surface area contributed by atoms with Crippen LogP contribution in [0.25, 0.3) is 11.0 Å². The fourth-order valence-electron chi connectivity index (χ4n) is 10.1. The molecular weight excluding hydrogens is 416 g/mol. The summed E-state index contributed by atoms with van der Waals surface area (Å²) in [5, 5.41) is 10.3. The number of aromatic nitrogens is 2. The first-order valence-electron chi connectivity index (χ1n) is 14.4. The van der Waals surface area contributed by atoms with Crippen LogP contribution in [0.3, 0.4) is 0 Å². The third kappa shape index (κ3) is 3.59. The summed E-state index contributed by atoms with van der Waals surface area (Å²) in [5.41, 5.74) is 4.62. The first-order valence-corrected chi connectivity index (χ1v) is 14.4. The van der Waals surface area contributed by atoms with E-state index in [-0.39, 0.29) is 6.10 Å². The van der Waals surface area contributed by atoms with Gasteiger partial charge >= 0.3 is 0 Å². The van der Waals surface area contributed by atoms with Crippen molar-refractivity contribution in [1.82, 2.24) is 9.97 Å². The molecule has 2 aromatic rings. The molecule has 0 aliphatic heterocycles. The molecule has 3 nitrogen and oxygen atoms in total. The highest BCUT2D eigenvalue weighted by atomic mass is 16.3. The van der Waals surface area contributed by atoms with E-state index in [0.29, 0.717) is 10.8 Å². The Hall–Kier alpha value is -1.35. The minimum atomic E-state index is -0.0315. The number of nitrogens with zero attached hydrogens (tertiary/aromatic N) is 1. The molecule has 0 saturated heterocycles. The predicted molar refractivity (Wildman–Crippen MR) is 140 cm³/mol. The van der Waals surface area contributed by atoms with Crippen LogP contribution < -0.4 is 0 Å². The van der Waals surface area contributed by atoms with Gasteiger partial charge in [-0.3, -0.25) is 0 Å². The molecule has 4 aliphatic carbocycles. The maximum absolute atomic E-state index is 10.3. The van der Waals surface area contributed by atoms with Crippen molar-refractivity contribution in [1.29, 1.82) is 0 Å². The van der Waals surface area contributed by atoms with E-state index in [2.05, 4.69) is 50.9 Å². The highest BCUT2D eigenvalue weighted by Gasteiger charge is 2.60. The van der Waals surface area contributed by atoms with E-state index in [1.54, 1.807) is 0 Å². The number of benzene rings is 1. The monoisotopic (exact) mass is 462 g/mol. The van der Waals surface area contributed by atoms with Gasteiger partial charge in [0.1, 0.15) is 5.82 Å². The first-order chi connectivity index (χ1) is 16.3. The number of rotatable bonds is 4. The molecule has 0 unspecified atom stereocenters. The van der Waals surface area contributed by atoms with E-state index in [1.165, 1.54) is 68.3 Å². The Morgan fingerprint density at radius 2 is 1.82 bits per heavy atom. The van der Waals surface area contributed by atoms with Gasteiger partial charge in [-0.05, 0) is 135 Å². The van der Waals surface area contributed by atoms with Gasteiger partial charge in [0, 0.05) is 6.42 Å². The zero-order chi connectivity index (χ0) is 23.7. The van der Waals surface area contributed by atoms with Crippen molar-refractivity contribution < 1.29 is 5.11 Å². The maximum atomic E-state index is 10.3. The molecule has 4 saturated carbocycles. The summed E-state index contributed by atoms with van der Waals surface area (Å²) in [6.07, 6.45) is 14.2. The van der Waals surface area contributed by atoms with Crippen molar-refractivity contribution in [2.75, 3.05) is 0 Å². The Bertz CT molecular complexity index is 1040. The zero-order valence-corrected chi connectivity index (χ0v) is 21.9. The number of aromatic amines is 1. The van der Waals surface area contributed by atoms with Crippen LogP contribution in [0.5, 0.6) is 0 Å². The number of imidazole rings is 1. The van der Waals surface area contributed by atoms with Gasteiger partial charge in [0.25, 0.3) is 0 Å². The van der Waals surface area contributed by atoms with Crippen molar-refractivity contribution in [2.45, 2.75) is 104 Å². The lowest BCUT2D eigenvalue weighted by atomic mass is 9.44. The van der Waals surface area contributed by atoms with E-state index >= 15 is 0 Å². The predicted octanol–water partition coefficient (Wildman–Crippen LogP) is 7.46. The number of nitrogens with one attached hydrogen (secondary N) is 1. The summed E-state index contributed by atoms with van der Waals surface area (Å²) in [6, 6.07) is 6.53. The van der Waals surface area contributed by atoms with Crippen LogP contribution in [0.1, 0.15) is 96.4 Å². The average molecular weight is 463 g/mol. The molecule has 4 aliphatic rings. The Kier molecular flexibility index (Phi) is 5.67. The lowest BCUT2D eigenvalue weighted by molar-refractivity contribution is -0.129. The molecule has 1 aromatic carbocycles. The molecule has 1 heterocycles. The van der Waals surface area contributed by atoms with Gasteiger partial charge in [0.05, 0.1) is 17.1 Å². The molecule has 9 atom stereocenters. The number of aliphatic hydroxyl groups is 1. The third-order valence-corrected chi connectivity index (χ3v) is 11.9. The van der Waals surface area contributed by atoms with Gasteiger partial charge in [-0.25, -0.2) is 4.98 Å². The molecule has 0 radical (unpaired) electrons. The number of hydrogen-bond donors (Lipinski definition) is 2. The van der Waals surface area contributed by atoms with Crippen LogP contribution in [-0.2, 0) is 6.42 Å². The van der Waals surface area contributed by atoms with Crippen molar-refractivity contribution in [3.8, 4) is 0 Å². The smallest absolute Gasteiger partial charge is 0.107 e. The molecule has 0 amide bonds. The van der Waals surface area contributed by atoms with Crippen LogP contribution in [0.4, 0.5) is 0 Å². The average Bonchev–Trinajstić information content (AvgIpc) is 3.37. The van der Waals surface area contributed by atoms with Crippen LogP contribution >= 0.6 is 0 Å². The summed E-state index contributed by atoms with van der Waals surface area (Å²) in [6.45, 7) is 9.99. The fraction of sp³-hybridized carbons (Fsp3) is 0.774. The first kappa shape index (κ1) is 23.1. The van der Waals surface area contributed by atoms with Crippen molar-refractivity contribution in [3.63, 3.8) is 0 Å². The highest BCUT2D eigenvalue weighted by molar-refractivity contribution is 5.75. The molecule has 3 heteroatoms. The van der Waals surface area contributed by atoms with Gasteiger partial charge < -0.3 is 10.1 Å². The Labute approximate surface area is 206 Å². The van der Waals surface area contributed by atoms with Gasteiger partial charge in [-0.1, -0.05) is 26.8 Å². The lowest BCUT2D eigenvalue weighted by Crippen LogP contribution is -2.54. The normalized spacial score (nSPS) is 42.7. The molecule has 1 aromatic heterocycles. The fourth-order valence-corrected chi connectivity index (χ4v) is 10.1. The molecule has 6 rings (SSSR count). The Morgan fingerprint density at radius 1 is 1.03 bits per heavy atom. The highest BCUT2D eigenvalue weighted by Crippen LogP contribution is 2.68. The maximum Gasteiger partial charge on any atom is 0.107 e. The second-order valence-electron chi connectivity index (χ2n) is 13.5. The van der Waals surface area contributed by atoms with E-state index in [9.17, 15) is 5.11 Å². The van der Waals surface area contributed by atoms with Gasteiger partial charge in [0.15, 0.2) is 0 Å². The summed E-state index contributed by atoms with van der Waals surface area (Å²) < 4.78 is 0. The number of H-pyrrole nitrogens is 1. The molecule has 186 valence electrons. The SMILES string of the molecule is Cc1ccc2nc(CC[C@@H](C)[C@H]3CC[C@H]4[C@@H]5CC[C@@H]6C[C@H](O)CC[C@]6(C)[C@H]5CC[C@]34C)[nH]c2c1. The van der Waals surface area contributed by atoms with Crippen LogP contribution in [0, 0.1) is 53.3 Å². The summed E-state index contributed by atoms with van der Waals surface area (Å²) in [5.74, 6) is 6.34. The van der Waals surface area contributed by atoms with Gasteiger partial charge in [0.2, 0.25) is 0 Å². The topological polar surface area (TPSA) is 48.9 Å². The molecule has 0 bridgehead atoms. The van der Waals surface area contributed by atoms with Crippen molar-refractivity contribution in [2.24, 2.45) is 46.3 Å². The van der Waals surface area contributed by atoms with Crippen molar-refractivity contribution >= 4 is 11.0 Å². The number of aryl methyl sites for hydroxylation is 2. The minimum Gasteiger partial charge on any atom is -0.393 e. The standard InChI is InChI=1S/C31H46N2O/c1-19-5-11-27-28(17-19)33-29(32-27)12-6-20(2)24-9-10-25-23-8-7-21-18-22(34)13-15-30(21,3)26(23)14-16-31(24,25)4/h5,11,17,20-26,34H,6-10,12-16,18H2,1-4H3,(H,32,33)/t20-,21-,22-,23+,24-,25+,26+,30+,31-/m1/s1. The van der Waals surface area contributed by atoms with E-state index < -0.39 is 0 Å². The quantitative estimate of drug-likeness (QED) is 0.495. The summed E-state index contributed by atoms with van der Waals surface area (Å²) in [7, 11) is 0. The van der Waals surface area contributed by atoms with Crippen LogP contribution in [0.15, 0.2) is 18.2 Å². The van der Waals surface area contributed by atoms with Crippen molar-refractivity contribution in [3.05, 3.63) is 29.6 Å². The van der Waals surface area contributed by atoms with Gasteiger partial charge in [-0.15, -0.1) is 0 Å². The lowest BCUT2D eigenvalue weighted by Gasteiger charge is -2.61. The second-order valence-corrected chi connectivity index (χ2v) is 13.5. The summed E-state index contributed by atoms with van der Waals surface area (Å²) >= 11 is 0. The molecule has 34 heavy (non-hydrogen) atoms. The zero-order valence-electron chi connectivity index (χ0n) is 21.9. The number of aliphatic hydroxyl groups excluding tert-OH is 1. The molecule has 4 fully saturated rings. The number of hydrogen-bond acceptors (Lipinski definition) is 2. The van der Waals surface area contributed by atoms with E-state index in [4.69, 9.17) is 4.98 Å². The van der Waals surface area contributed by atoms with E-state index in [0.717, 1.165) is 60.3 Å². The van der Waals surface area contributed by atoms with E-state index in [1.807, 2.05) is 0 Å². The number of fused-ring (bicyclic) bond motifs is 6. The molecular formula is C31H46N2O. The Morgan fingerprint density at radius 3 is 2.68 bits per heavy atom. The minimum absolute atomic E-state index is 0.0315. The Balaban J connectivity index is 1.15. The van der Waals surface area contributed by atoms with Gasteiger partial charge in [-0.2, -0.15) is 0 Å². The molecule has 2 N–H and O–H groups in total.